The molecule has 1 aliphatic rings. The van der Waals surface area contributed by atoms with Crippen LogP contribution in [-0.2, 0) is 16.6 Å². The number of sulfonamides is 1. The molecule has 2 aromatic carbocycles. The Labute approximate surface area is 223 Å². The van der Waals surface area contributed by atoms with Crippen molar-refractivity contribution in [1.82, 2.24) is 19.8 Å². The van der Waals surface area contributed by atoms with Crippen molar-refractivity contribution in [3.8, 4) is 22.6 Å². The first kappa shape index (κ1) is 27.3. The number of hydrogen-bond acceptors (Lipinski definition) is 9. The number of benzene rings is 2. The predicted octanol–water partition coefficient (Wildman–Crippen LogP) is 2.95. The van der Waals surface area contributed by atoms with E-state index in [1.807, 2.05) is 36.8 Å². The van der Waals surface area contributed by atoms with Crippen LogP contribution in [0.2, 0.25) is 0 Å². The Morgan fingerprint density at radius 1 is 0.895 bits per heavy atom. The zero-order valence-corrected chi connectivity index (χ0v) is 22.7. The highest BCUT2D eigenvalue weighted by atomic mass is 32.2. The lowest BCUT2D eigenvalue weighted by Crippen LogP contribution is -2.46. The van der Waals surface area contributed by atoms with Gasteiger partial charge >= 0.3 is 0 Å². The maximum atomic E-state index is 12.0. The van der Waals surface area contributed by atoms with E-state index in [1.54, 1.807) is 6.07 Å². The molecule has 0 spiro atoms. The van der Waals surface area contributed by atoms with Crippen molar-refractivity contribution in [3.05, 3.63) is 65.9 Å². The highest BCUT2D eigenvalue weighted by Gasteiger charge is 2.20. The number of piperazine rings is 1. The fraction of sp³-hybridized carbons (Fsp3) is 0.370. The summed E-state index contributed by atoms with van der Waals surface area (Å²) in [6, 6.07) is 17.6. The maximum Gasteiger partial charge on any atom is 0.285 e. The third-order valence-electron chi connectivity index (χ3n) is 6.02. The summed E-state index contributed by atoms with van der Waals surface area (Å²) in [6.45, 7) is 9.10. The number of aromatic nitrogens is 2. The van der Waals surface area contributed by atoms with Gasteiger partial charge in [-0.25, -0.2) is 13.1 Å². The van der Waals surface area contributed by atoms with Crippen LogP contribution in [0.15, 0.2) is 54.6 Å². The second kappa shape index (κ2) is 12.2. The van der Waals surface area contributed by atoms with Gasteiger partial charge in [-0.2, -0.15) is 0 Å². The van der Waals surface area contributed by atoms with E-state index >= 15 is 0 Å². The van der Waals surface area contributed by atoms with E-state index in [1.165, 1.54) is 11.6 Å². The van der Waals surface area contributed by atoms with Crippen LogP contribution in [0.3, 0.4) is 0 Å². The number of carbonyl (C=O) groups is 1. The molecule has 38 heavy (non-hydrogen) atoms. The molecule has 0 atom stereocenters. The Balaban J connectivity index is 1.41. The van der Waals surface area contributed by atoms with Crippen molar-refractivity contribution in [2.75, 3.05) is 50.5 Å². The summed E-state index contributed by atoms with van der Waals surface area (Å²) in [7, 11) is -3.66. The first-order chi connectivity index (χ1) is 18.2. The van der Waals surface area contributed by atoms with Gasteiger partial charge in [-0.15, -0.1) is 10.2 Å². The summed E-state index contributed by atoms with van der Waals surface area (Å²) in [5.41, 5.74) is 3.29. The molecule has 1 amide bonds. The molecular formula is C27H33N5O5S. The van der Waals surface area contributed by atoms with Gasteiger partial charge in [0, 0.05) is 32.7 Å². The average molecular weight is 540 g/mol. The van der Waals surface area contributed by atoms with Gasteiger partial charge in [0.2, 0.25) is 10.0 Å². The van der Waals surface area contributed by atoms with Gasteiger partial charge in [0.05, 0.1) is 19.5 Å². The molecule has 4 rings (SSSR count). The Hall–Kier alpha value is -3.70. The van der Waals surface area contributed by atoms with Crippen LogP contribution in [0.1, 0.15) is 29.9 Å². The zero-order valence-electron chi connectivity index (χ0n) is 21.9. The number of hydrogen-bond donors (Lipinski definition) is 1. The number of nitrogens with one attached hydrogen (secondary N) is 1. The molecule has 10 nitrogen and oxygen atoms in total. The molecule has 202 valence electrons. The third-order valence-corrected chi connectivity index (χ3v) is 6.58. The van der Waals surface area contributed by atoms with E-state index in [-0.39, 0.29) is 5.69 Å². The number of nitrogens with zero attached hydrogens (tertiary/aromatic N) is 4. The monoisotopic (exact) mass is 539 g/mol. The van der Waals surface area contributed by atoms with Crippen LogP contribution >= 0.6 is 0 Å². The number of carbonyl (C=O) groups excluding carboxylic acids is 1. The van der Waals surface area contributed by atoms with Crippen LogP contribution in [-0.4, -0.2) is 75.1 Å². The summed E-state index contributed by atoms with van der Waals surface area (Å²) >= 11 is 0. The molecule has 0 unspecified atom stereocenters. The molecule has 1 saturated heterocycles. The van der Waals surface area contributed by atoms with Crippen LogP contribution in [0.25, 0.3) is 11.1 Å². The molecule has 0 bridgehead atoms. The second-order valence-electron chi connectivity index (χ2n) is 9.00. The van der Waals surface area contributed by atoms with E-state index in [2.05, 4.69) is 44.3 Å². The molecule has 1 aliphatic heterocycles. The molecule has 11 heteroatoms. The summed E-state index contributed by atoms with van der Waals surface area (Å²) in [6.07, 6.45) is 0.917. The van der Waals surface area contributed by atoms with Crippen molar-refractivity contribution < 1.29 is 22.7 Å². The van der Waals surface area contributed by atoms with Gasteiger partial charge in [0.1, 0.15) is 11.5 Å². The van der Waals surface area contributed by atoms with E-state index < -0.39 is 15.9 Å². The SMILES string of the molecule is CCOc1cccc(-c2cc(CN3CCN(c4ccc(C(=O)NS(C)(=O)=O)nn4)CC3)cc(OCC)c2)c1. The summed E-state index contributed by atoms with van der Waals surface area (Å²) in [4.78, 5) is 16.4. The molecule has 0 radical (unpaired) electrons. The Bertz CT molecular complexity index is 1360. The van der Waals surface area contributed by atoms with E-state index in [0.717, 1.165) is 61.6 Å². The molecule has 2 heterocycles. The number of ether oxygens (including phenoxy) is 2. The van der Waals surface area contributed by atoms with Crippen molar-refractivity contribution >= 4 is 21.7 Å². The fourth-order valence-electron chi connectivity index (χ4n) is 4.33. The zero-order chi connectivity index (χ0) is 27.1. The Morgan fingerprint density at radius 3 is 2.26 bits per heavy atom. The highest BCUT2D eigenvalue weighted by Crippen LogP contribution is 2.29. The quantitative estimate of drug-likeness (QED) is 0.415. The topological polar surface area (TPSA) is 114 Å². The van der Waals surface area contributed by atoms with Gasteiger partial charge in [0.15, 0.2) is 11.5 Å². The smallest absolute Gasteiger partial charge is 0.285 e. The standard InChI is InChI=1S/C27H33N5O5S/c1-4-36-23-8-6-7-21(17-23)22-15-20(16-24(18-22)37-5-2)19-31-11-13-32(14-12-31)26-10-9-25(28-29-26)27(33)30-38(3,34)35/h6-10,15-18H,4-5,11-14,19H2,1-3H3,(H,30,33). The fourth-order valence-corrected chi connectivity index (χ4v) is 4.77. The minimum atomic E-state index is -3.66. The lowest BCUT2D eigenvalue weighted by molar-refractivity contribution is 0.0976. The van der Waals surface area contributed by atoms with E-state index in [9.17, 15) is 13.2 Å². The molecule has 1 N–H and O–H groups in total. The van der Waals surface area contributed by atoms with Crippen LogP contribution in [0, 0.1) is 0 Å². The third kappa shape index (κ3) is 7.42. The van der Waals surface area contributed by atoms with Crippen LogP contribution in [0.5, 0.6) is 11.5 Å². The molecule has 1 aromatic heterocycles. The van der Waals surface area contributed by atoms with Crippen LogP contribution in [0.4, 0.5) is 5.82 Å². The largest absolute Gasteiger partial charge is 0.494 e. The maximum absolute atomic E-state index is 12.0. The van der Waals surface area contributed by atoms with Gasteiger partial charge in [0.25, 0.3) is 5.91 Å². The van der Waals surface area contributed by atoms with Crippen LogP contribution < -0.4 is 19.1 Å². The van der Waals surface area contributed by atoms with Crippen molar-refractivity contribution in [2.24, 2.45) is 0 Å². The molecule has 3 aromatic rings. The molecule has 0 saturated carbocycles. The second-order valence-corrected chi connectivity index (χ2v) is 10.8. The number of rotatable bonds is 10. The van der Waals surface area contributed by atoms with E-state index in [0.29, 0.717) is 19.0 Å². The summed E-state index contributed by atoms with van der Waals surface area (Å²) in [5.74, 6) is 1.54. The summed E-state index contributed by atoms with van der Waals surface area (Å²) in [5, 5.41) is 8.04. The van der Waals surface area contributed by atoms with Gasteiger partial charge in [-0.05, 0) is 73.0 Å². The summed E-state index contributed by atoms with van der Waals surface area (Å²) < 4.78 is 36.0. The highest BCUT2D eigenvalue weighted by molar-refractivity contribution is 7.89. The minimum Gasteiger partial charge on any atom is -0.494 e. The van der Waals surface area contributed by atoms with E-state index in [4.69, 9.17) is 9.47 Å². The molecule has 0 aliphatic carbocycles. The van der Waals surface area contributed by atoms with Crippen molar-refractivity contribution in [3.63, 3.8) is 0 Å². The minimum absolute atomic E-state index is 0.0467. The lowest BCUT2D eigenvalue weighted by atomic mass is 10.0. The molecule has 1 fully saturated rings. The normalized spacial score (nSPS) is 14.2. The van der Waals surface area contributed by atoms with Gasteiger partial charge < -0.3 is 14.4 Å². The lowest BCUT2D eigenvalue weighted by Gasteiger charge is -2.35. The average Bonchev–Trinajstić information content (AvgIpc) is 2.89. The predicted molar refractivity (Wildman–Crippen MR) is 146 cm³/mol. The van der Waals surface area contributed by atoms with Crippen molar-refractivity contribution in [1.29, 1.82) is 0 Å². The molecular weight excluding hydrogens is 506 g/mol. The number of anilines is 1. The number of amides is 1. The van der Waals surface area contributed by atoms with Gasteiger partial charge in [-0.1, -0.05) is 12.1 Å². The Morgan fingerprint density at radius 2 is 1.61 bits per heavy atom. The first-order valence-corrected chi connectivity index (χ1v) is 14.5. The first-order valence-electron chi connectivity index (χ1n) is 12.6. The van der Waals surface area contributed by atoms with Gasteiger partial charge in [-0.3, -0.25) is 9.69 Å². The van der Waals surface area contributed by atoms with Crippen molar-refractivity contribution in [2.45, 2.75) is 20.4 Å². The Kier molecular flexibility index (Phi) is 8.80.